The topological polar surface area (TPSA) is 69.4 Å². The van der Waals surface area contributed by atoms with Gasteiger partial charge in [0.25, 0.3) is 5.69 Å². The molecule has 0 N–H and O–H groups in total. The summed E-state index contributed by atoms with van der Waals surface area (Å²) in [6.07, 6.45) is 6.79. The summed E-state index contributed by atoms with van der Waals surface area (Å²) >= 11 is 0. The van der Waals surface area contributed by atoms with Gasteiger partial charge in [-0.15, -0.1) is 0 Å². The third-order valence-electron chi connectivity index (χ3n) is 7.42. The molecule has 4 rings (SSSR count). The molecule has 3 aromatic carbocycles. The molecule has 1 fully saturated rings. The molecular formula is C29H33NO4Si. The second-order valence-corrected chi connectivity index (χ2v) is 14.1. The number of hydrogen-bond acceptors (Lipinski definition) is 4. The highest BCUT2D eigenvalue weighted by molar-refractivity contribution is 7.01. The zero-order valence-corrected chi connectivity index (χ0v) is 21.3. The maximum Gasteiger partial charge on any atom is 0.338 e. The van der Waals surface area contributed by atoms with Crippen molar-refractivity contribution in [1.82, 2.24) is 0 Å². The second kappa shape index (κ2) is 11.4. The first-order chi connectivity index (χ1) is 17.0. The SMILES string of the molecule is C[Si](CC(CCC1CCCC1)OC(=O)c1ccc([N+](=O)[O-])cc1)(c1ccccc1)c1ccccc1. The van der Waals surface area contributed by atoms with Gasteiger partial charge < -0.3 is 4.74 Å². The second-order valence-electron chi connectivity index (χ2n) is 9.83. The number of benzene rings is 3. The lowest BCUT2D eigenvalue weighted by atomic mass is 10.00. The summed E-state index contributed by atoms with van der Waals surface area (Å²) < 4.78 is 6.16. The Kier molecular flexibility index (Phi) is 8.13. The summed E-state index contributed by atoms with van der Waals surface area (Å²) in [5.41, 5.74) is 0.316. The van der Waals surface area contributed by atoms with Gasteiger partial charge in [0.05, 0.1) is 10.5 Å². The zero-order valence-electron chi connectivity index (χ0n) is 20.3. The Hall–Kier alpha value is -3.25. The zero-order chi connectivity index (χ0) is 24.7. The monoisotopic (exact) mass is 487 g/mol. The Bertz CT molecular complexity index is 1070. The molecular weight excluding hydrogens is 454 g/mol. The van der Waals surface area contributed by atoms with Crippen LogP contribution in [0.25, 0.3) is 0 Å². The molecule has 6 heteroatoms. The minimum atomic E-state index is -2.20. The standard InChI is InChI=1S/C29H33NO4Si/c1-35(27-12-4-2-5-13-27,28-14-6-3-7-15-28)22-26(21-16-23-10-8-9-11-23)34-29(31)24-17-19-25(20-18-24)30(32)33/h2-7,12-15,17-20,23,26H,8-11,16,21-22H2,1H3. The number of carbonyl (C=O) groups excluding carboxylic acids is 1. The van der Waals surface area contributed by atoms with E-state index in [2.05, 4.69) is 55.1 Å². The summed E-state index contributed by atoms with van der Waals surface area (Å²) in [4.78, 5) is 23.6. The molecule has 1 atom stereocenters. The fraction of sp³-hybridized carbons (Fsp3) is 0.345. The highest BCUT2D eigenvalue weighted by atomic mass is 28.3. The van der Waals surface area contributed by atoms with E-state index in [1.165, 1.54) is 60.3 Å². The van der Waals surface area contributed by atoms with E-state index in [-0.39, 0.29) is 11.8 Å². The number of non-ortho nitro benzene ring substituents is 1. The van der Waals surface area contributed by atoms with Gasteiger partial charge in [-0.25, -0.2) is 4.79 Å². The summed E-state index contributed by atoms with van der Waals surface area (Å²) in [7, 11) is -2.20. The Labute approximate surface area is 208 Å². The summed E-state index contributed by atoms with van der Waals surface area (Å²) in [6.45, 7) is 2.36. The molecule has 0 saturated heterocycles. The molecule has 1 unspecified atom stereocenters. The maximum atomic E-state index is 13.1. The molecule has 0 bridgehead atoms. The third kappa shape index (κ3) is 6.25. The van der Waals surface area contributed by atoms with Crippen molar-refractivity contribution in [2.75, 3.05) is 0 Å². The van der Waals surface area contributed by atoms with Crippen LogP contribution in [-0.2, 0) is 4.74 Å². The van der Waals surface area contributed by atoms with Gasteiger partial charge in [-0.2, -0.15) is 0 Å². The number of nitro groups is 1. The average Bonchev–Trinajstić information content (AvgIpc) is 3.42. The predicted molar refractivity (Wildman–Crippen MR) is 142 cm³/mol. The molecule has 0 aliphatic heterocycles. The van der Waals surface area contributed by atoms with Crippen molar-refractivity contribution in [3.05, 3.63) is 101 Å². The molecule has 1 saturated carbocycles. The minimum absolute atomic E-state index is 0.0347. The molecule has 3 aromatic rings. The van der Waals surface area contributed by atoms with Crippen LogP contribution in [0.1, 0.15) is 48.9 Å². The molecule has 5 nitrogen and oxygen atoms in total. The molecule has 0 heterocycles. The fourth-order valence-corrected chi connectivity index (χ4v) is 9.19. The third-order valence-corrected chi connectivity index (χ3v) is 11.9. The smallest absolute Gasteiger partial charge is 0.338 e. The van der Waals surface area contributed by atoms with Crippen molar-refractivity contribution in [3.63, 3.8) is 0 Å². The van der Waals surface area contributed by atoms with E-state index < -0.39 is 19.0 Å². The Morgan fingerprint density at radius 2 is 1.49 bits per heavy atom. The quantitative estimate of drug-likeness (QED) is 0.153. The first-order valence-corrected chi connectivity index (χ1v) is 15.2. The van der Waals surface area contributed by atoms with Crippen molar-refractivity contribution in [2.24, 2.45) is 5.92 Å². The number of ether oxygens (including phenoxy) is 1. The number of rotatable bonds is 10. The van der Waals surface area contributed by atoms with Crippen LogP contribution in [0.2, 0.25) is 12.6 Å². The largest absolute Gasteiger partial charge is 0.459 e. The lowest BCUT2D eigenvalue weighted by Gasteiger charge is -2.33. The molecule has 0 amide bonds. The predicted octanol–water partition coefficient (Wildman–Crippen LogP) is 5.98. The highest BCUT2D eigenvalue weighted by Gasteiger charge is 2.36. The molecule has 35 heavy (non-hydrogen) atoms. The van der Waals surface area contributed by atoms with Crippen LogP contribution in [-0.4, -0.2) is 25.1 Å². The van der Waals surface area contributed by atoms with Gasteiger partial charge in [-0.05, 0) is 36.9 Å². The number of carbonyl (C=O) groups is 1. The summed E-state index contributed by atoms with van der Waals surface area (Å²) in [5.74, 6) is 0.297. The van der Waals surface area contributed by atoms with Gasteiger partial charge in [-0.3, -0.25) is 10.1 Å². The maximum absolute atomic E-state index is 13.1. The van der Waals surface area contributed by atoms with Gasteiger partial charge in [-0.1, -0.05) is 103 Å². The van der Waals surface area contributed by atoms with E-state index in [0.29, 0.717) is 11.5 Å². The molecule has 182 valence electrons. The Morgan fingerprint density at radius 1 is 0.943 bits per heavy atom. The van der Waals surface area contributed by atoms with E-state index in [0.717, 1.165) is 18.9 Å². The number of nitrogens with zero attached hydrogens (tertiary/aromatic N) is 1. The number of nitro benzene ring substituents is 1. The highest BCUT2D eigenvalue weighted by Crippen LogP contribution is 2.31. The van der Waals surface area contributed by atoms with Gasteiger partial charge >= 0.3 is 5.97 Å². The van der Waals surface area contributed by atoms with E-state index >= 15 is 0 Å². The van der Waals surface area contributed by atoms with Gasteiger partial charge in [0.2, 0.25) is 0 Å². The van der Waals surface area contributed by atoms with Crippen LogP contribution in [0.4, 0.5) is 5.69 Å². The lowest BCUT2D eigenvalue weighted by Crippen LogP contribution is -2.57. The lowest BCUT2D eigenvalue weighted by molar-refractivity contribution is -0.384. The van der Waals surface area contributed by atoms with E-state index in [1.807, 2.05) is 12.1 Å². The van der Waals surface area contributed by atoms with Gasteiger partial charge in [0.1, 0.15) is 14.2 Å². The van der Waals surface area contributed by atoms with Crippen LogP contribution in [0.3, 0.4) is 0 Å². The fourth-order valence-electron chi connectivity index (χ4n) is 5.33. The van der Waals surface area contributed by atoms with Crippen LogP contribution in [0.5, 0.6) is 0 Å². The van der Waals surface area contributed by atoms with Crippen molar-refractivity contribution >= 4 is 30.1 Å². The summed E-state index contributed by atoms with van der Waals surface area (Å²) in [5, 5.41) is 13.6. The van der Waals surface area contributed by atoms with Gasteiger partial charge in [0, 0.05) is 12.1 Å². The van der Waals surface area contributed by atoms with E-state index in [1.54, 1.807) is 0 Å². The molecule has 1 aliphatic carbocycles. The van der Waals surface area contributed by atoms with Crippen molar-refractivity contribution in [1.29, 1.82) is 0 Å². The first-order valence-electron chi connectivity index (χ1n) is 12.5. The average molecular weight is 488 g/mol. The number of hydrogen-bond donors (Lipinski definition) is 0. The van der Waals surface area contributed by atoms with Crippen LogP contribution in [0, 0.1) is 16.0 Å². The Balaban J connectivity index is 1.59. The van der Waals surface area contributed by atoms with Crippen molar-refractivity contribution in [2.45, 2.75) is 57.2 Å². The molecule has 0 radical (unpaired) electrons. The molecule has 0 aromatic heterocycles. The van der Waals surface area contributed by atoms with E-state index in [9.17, 15) is 14.9 Å². The number of esters is 1. The minimum Gasteiger partial charge on any atom is -0.459 e. The van der Waals surface area contributed by atoms with E-state index in [4.69, 9.17) is 4.74 Å². The van der Waals surface area contributed by atoms with Crippen molar-refractivity contribution in [3.8, 4) is 0 Å². The molecule has 0 spiro atoms. The Morgan fingerprint density at radius 3 is 2.00 bits per heavy atom. The first kappa shape index (κ1) is 24.9. The van der Waals surface area contributed by atoms with Crippen molar-refractivity contribution < 1.29 is 14.5 Å². The summed E-state index contributed by atoms with van der Waals surface area (Å²) in [6, 6.07) is 27.7. The van der Waals surface area contributed by atoms with Crippen LogP contribution >= 0.6 is 0 Å². The van der Waals surface area contributed by atoms with Crippen LogP contribution < -0.4 is 10.4 Å². The molecule has 1 aliphatic rings. The van der Waals surface area contributed by atoms with Gasteiger partial charge in [0.15, 0.2) is 0 Å². The van der Waals surface area contributed by atoms with Crippen LogP contribution in [0.15, 0.2) is 84.9 Å². The normalized spacial score (nSPS) is 15.0.